The second-order valence-electron chi connectivity index (χ2n) is 4.01. The molecule has 84 valence electrons. The van der Waals surface area contributed by atoms with E-state index >= 15 is 0 Å². The minimum Gasteiger partial charge on any atom is -0.259 e. The van der Waals surface area contributed by atoms with E-state index in [2.05, 4.69) is 33.4 Å². The van der Waals surface area contributed by atoms with Crippen molar-refractivity contribution in [2.24, 2.45) is 0 Å². The Labute approximate surface area is 99.9 Å². The number of allylic oxidation sites excluding steroid dienone is 4. The van der Waals surface area contributed by atoms with Crippen LogP contribution in [0.5, 0.6) is 0 Å². The molecule has 0 saturated heterocycles. The van der Waals surface area contributed by atoms with Gasteiger partial charge >= 0.3 is 0 Å². The van der Waals surface area contributed by atoms with Crippen LogP contribution in [0.1, 0.15) is 18.7 Å². The average molecular weight is 223 g/mol. The molecule has 0 bridgehead atoms. The predicted octanol–water partition coefficient (Wildman–Crippen LogP) is 3.21. The smallest absolute Gasteiger partial charge is 0.181 e. The standard InChI is InChI=1S/C14H13N3/c1-3-7-11(8-4-1)13-15-14(17-16-13)12-9-5-2-6-10-12/h1,3-5,7-10H,2,6H2,(H,15,16,17). The van der Waals surface area contributed by atoms with Crippen molar-refractivity contribution in [3.05, 3.63) is 54.4 Å². The minimum absolute atomic E-state index is 0.778. The Morgan fingerprint density at radius 1 is 1.06 bits per heavy atom. The monoisotopic (exact) mass is 223 g/mol. The van der Waals surface area contributed by atoms with Crippen LogP contribution >= 0.6 is 0 Å². The molecule has 1 aromatic carbocycles. The second kappa shape index (κ2) is 4.37. The topological polar surface area (TPSA) is 41.6 Å². The summed E-state index contributed by atoms with van der Waals surface area (Å²) < 4.78 is 0. The first kappa shape index (κ1) is 10.0. The van der Waals surface area contributed by atoms with Gasteiger partial charge in [-0.3, -0.25) is 5.10 Å². The van der Waals surface area contributed by atoms with E-state index in [9.17, 15) is 0 Å². The first-order chi connectivity index (χ1) is 8.43. The van der Waals surface area contributed by atoms with E-state index in [1.165, 1.54) is 0 Å². The van der Waals surface area contributed by atoms with E-state index in [-0.39, 0.29) is 0 Å². The molecule has 1 aliphatic rings. The Kier molecular flexibility index (Phi) is 2.58. The van der Waals surface area contributed by atoms with Crippen LogP contribution in [0.3, 0.4) is 0 Å². The van der Waals surface area contributed by atoms with Gasteiger partial charge in [-0.15, -0.1) is 0 Å². The van der Waals surface area contributed by atoms with Gasteiger partial charge in [0.25, 0.3) is 0 Å². The number of nitrogens with one attached hydrogen (secondary N) is 1. The van der Waals surface area contributed by atoms with Crippen LogP contribution in [0.4, 0.5) is 0 Å². The van der Waals surface area contributed by atoms with E-state index in [1.54, 1.807) is 0 Å². The predicted molar refractivity (Wildman–Crippen MR) is 68.2 cm³/mol. The summed E-state index contributed by atoms with van der Waals surface area (Å²) in [4.78, 5) is 4.52. The third-order valence-corrected chi connectivity index (χ3v) is 2.79. The summed E-state index contributed by atoms with van der Waals surface area (Å²) in [7, 11) is 0. The normalized spacial score (nSPS) is 14.7. The van der Waals surface area contributed by atoms with Crippen molar-refractivity contribution in [1.82, 2.24) is 15.2 Å². The summed E-state index contributed by atoms with van der Waals surface area (Å²) in [6, 6.07) is 10.0. The van der Waals surface area contributed by atoms with Crippen LogP contribution in [-0.2, 0) is 0 Å². The van der Waals surface area contributed by atoms with Crippen molar-refractivity contribution in [3.8, 4) is 11.4 Å². The van der Waals surface area contributed by atoms with Crippen LogP contribution in [0.25, 0.3) is 17.0 Å². The van der Waals surface area contributed by atoms with Crippen LogP contribution < -0.4 is 0 Å². The van der Waals surface area contributed by atoms with E-state index < -0.39 is 0 Å². The lowest BCUT2D eigenvalue weighted by molar-refractivity contribution is 1.02. The molecular weight excluding hydrogens is 210 g/mol. The Balaban J connectivity index is 1.93. The molecule has 0 fully saturated rings. The minimum atomic E-state index is 0.778. The molecule has 0 radical (unpaired) electrons. The van der Waals surface area contributed by atoms with Crippen LogP contribution in [0.2, 0.25) is 0 Å². The van der Waals surface area contributed by atoms with Gasteiger partial charge in [-0.1, -0.05) is 48.6 Å². The van der Waals surface area contributed by atoms with Crippen molar-refractivity contribution in [3.63, 3.8) is 0 Å². The fourth-order valence-electron chi connectivity index (χ4n) is 1.90. The van der Waals surface area contributed by atoms with Gasteiger partial charge in [-0.25, -0.2) is 4.98 Å². The molecule has 2 aromatic rings. The Hall–Kier alpha value is -2.16. The number of hydrogen-bond donors (Lipinski definition) is 1. The Morgan fingerprint density at radius 2 is 1.94 bits per heavy atom. The number of H-pyrrole nitrogens is 1. The van der Waals surface area contributed by atoms with Gasteiger partial charge in [0, 0.05) is 11.1 Å². The van der Waals surface area contributed by atoms with Gasteiger partial charge in [0.1, 0.15) is 0 Å². The molecule has 0 atom stereocenters. The molecular formula is C14H13N3. The average Bonchev–Trinajstić information content (AvgIpc) is 2.90. The van der Waals surface area contributed by atoms with E-state index in [0.29, 0.717) is 0 Å². The Bertz CT molecular complexity index is 564. The second-order valence-corrected chi connectivity index (χ2v) is 4.01. The molecule has 0 amide bonds. The molecule has 3 heteroatoms. The maximum atomic E-state index is 4.52. The van der Waals surface area contributed by atoms with Crippen molar-refractivity contribution in [2.75, 3.05) is 0 Å². The highest BCUT2D eigenvalue weighted by Gasteiger charge is 2.08. The molecule has 0 unspecified atom stereocenters. The molecule has 1 aliphatic carbocycles. The van der Waals surface area contributed by atoms with Gasteiger partial charge in [-0.05, 0) is 12.8 Å². The summed E-state index contributed by atoms with van der Waals surface area (Å²) >= 11 is 0. The number of aromatic amines is 1. The van der Waals surface area contributed by atoms with Gasteiger partial charge < -0.3 is 0 Å². The molecule has 1 heterocycles. The van der Waals surface area contributed by atoms with Gasteiger partial charge in [0.15, 0.2) is 11.6 Å². The fourth-order valence-corrected chi connectivity index (χ4v) is 1.90. The van der Waals surface area contributed by atoms with E-state index in [1.807, 2.05) is 30.3 Å². The van der Waals surface area contributed by atoms with Gasteiger partial charge in [0.2, 0.25) is 0 Å². The first-order valence-electron chi connectivity index (χ1n) is 5.78. The zero-order chi connectivity index (χ0) is 11.5. The molecule has 0 aliphatic heterocycles. The highest BCUT2D eigenvalue weighted by molar-refractivity contribution is 5.71. The van der Waals surface area contributed by atoms with E-state index in [0.717, 1.165) is 35.6 Å². The van der Waals surface area contributed by atoms with Crippen LogP contribution in [0.15, 0.2) is 48.6 Å². The van der Waals surface area contributed by atoms with Crippen LogP contribution in [0, 0.1) is 0 Å². The molecule has 1 N–H and O–H groups in total. The van der Waals surface area contributed by atoms with Crippen molar-refractivity contribution < 1.29 is 0 Å². The van der Waals surface area contributed by atoms with E-state index in [4.69, 9.17) is 0 Å². The number of rotatable bonds is 2. The first-order valence-corrected chi connectivity index (χ1v) is 5.78. The number of benzene rings is 1. The SMILES string of the molecule is C1=CC(c2n[nH]c(-c3ccccc3)n2)=CCC1. The largest absolute Gasteiger partial charge is 0.259 e. The molecule has 0 saturated carbocycles. The summed E-state index contributed by atoms with van der Waals surface area (Å²) in [6.45, 7) is 0. The Morgan fingerprint density at radius 3 is 2.71 bits per heavy atom. The lowest BCUT2D eigenvalue weighted by Gasteiger charge is -2.01. The molecule has 3 rings (SSSR count). The van der Waals surface area contributed by atoms with Gasteiger partial charge in [0.05, 0.1) is 0 Å². The molecule has 3 nitrogen and oxygen atoms in total. The quantitative estimate of drug-likeness (QED) is 0.849. The fraction of sp³-hybridized carbons (Fsp3) is 0.143. The summed E-state index contributed by atoms with van der Waals surface area (Å²) in [5.41, 5.74) is 2.17. The molecule has 1 aromatic heterocycles. The van der Waals surface area contributed by atoms with Crippen molar-refractivity contribution in [2.45, 2.75) is 12.8 Å². The lowest BCUT2D eigenvalue weighted by atomic mass is 10.1. The maximum absolute atomic E-state index is 4.52. The number of hydrogen-bond acceptors (Lipinski definition) is 2. The van der Waals surface area contributed by atoms with Gasteiger partial charge in [-0.2, -0.15) is 5.10 Å². The third kappa shape index (κ3) is 2.04. The maximum Gasteiger partial charge on any atom is 0.181 e. The summed E-state index contributed by atoms with van der Waals surface area (Å²) in [5.74, 6) is 1.60. The van der Waals surface area contributed by atoms with Crippen LogP contribution in [-0.4, -0.2) is 15.2 Å². The van der Waals surface area contributed by atoms with Crippen molar-refractivity contribution >= 4 is 5.57 Å². The molecule has 17 heavy (non-hydrogen) atoms. The summed E-state index contributed by atoms with van der Waals surface area (Å²) in [5, 5.41) is 7.24. The molecule has 0 spiro atoms. The number of nitrogens with zero attached hydrogens (tertiary/aromatic N) is 2. The lowest BCUT2D eigenvalue weighted by Crippen LogP contribution is -1.88. The van der Waals surface area contributed by atoms with Crippen molar-refractivity contribution in [1.29, 1.82) is 0 Å². The zero-order valence-corrected chi connectivity index (χ0v) is 9.43. The number of aromatic nitrogens is 3. The third-order valence-electron chi connectivity index (χ3n) is 2.79. The zero-order valence-electron chi connectivity index (χ0n) is 9.43. The highest BCUT2D eigenvalue weighted by atomic mass is 15.2. The summed E-state index contributed by atoms with van der Waals surface area (Å²) in [6.07, 6.45) is 8.60. The highest BCUT2D eigenvalue weighted by Crippen LogP contribution is 2.20.